The summed E-state index contributed by atoms with van der Waals surface area (Å²) in [5, 5.41) is 3.05. The van der Waals surface area contributed by atoms with Crippen molar-refractivity contribution in [1.82, 2.24) is 10.7 Å². The molecule has 1 aliphatic heterocycles. The third kappa shape index (κ3) is 4.10. The van der Waals surface area contributed by atoms with Crippen molar-refractivity contribution in [1.29, 1.82) is 0 Å². The van der Waals surface area contributed by atoms with Gasteiger partial charge < -0.3 is 5.32 Å². The molecule has 1 saturated heterocycles. The first-order valence-corrected chi connectivity index (χ1v) is 6.44. The lowest BCUT2D eigenvalue weighted by Crippen LogP contribution is -2.41. The molecule has 1 heterocycles. The highest BCUT2D eigenvalue weighted by atomic mass is 32.2. The van der Waals surface area contributed by atoms with Crippen LogP contribution in [-0.2, 0) is 0 Å². The van der Waals surface area contributed by atoms with Crippen LogP contribution in [0.15, 0.2) is 4.99 Å². The molecular formula is C7H16N4S2. The summed E-state index contributed by atoms with van der Waals surface area (Å²) in [5.41, 5.74) is 2.55. The lowest BCUT2D eigenvalue weighted by Gasteiger charge is -2.08. The van der Waals surface area contributed by atoms with E-state index >= 15 is 0 Å². The van der Waals surface area contributed by atoms with Gasteiger partial charge >= 0.3 is 0 Å². The minimum atomic E-state index is 0.613. The largest absolute Gasteiger partial charge is 0.356 e. The van der Waals surface area contributed by atoms with Crippen molar-refractivity contribution in [3.8, 4) is 0 Å². The van der Waals surface area contributed by atoms with Crippen molar-refractivity contribution in [2.24, 2.45) is 10.8 Å². The Balaban J connectivity index is 2.25. The Kier molecular flexibility index (Phi) is 5.41. The normalized spacial score (nSPS) is 19.1. The molecule has 4 N–H and O–H groups in total. The van der Waals surface area contributed by atoms with E-state index in [0.717, 1.165) is 13.1 Å². The number of hydrazine groups is 1. The van der Waals surface area contributed by atoms with E-state index in [9.17, 15) is 0 Å². The monoisotopic (exact) mass is 220 g/mol. The zero-order valence-electron chi connectivity index (χ0n) is 7.75. The fourth-order valence-electron chi connectivity index (χ4n) is 0.998. The predicted octanol–water partition coefficient (Wildman–Crippen LogP) is 0.221. The molecule has 0 aromatic heterocycles. The van der Waals surface area contributed by atoms with Crippen molar-refractivity contribution in [3.05, 3.63) is 0 Å². The molecule has 76 valence electrons. The van der Waals surface area contributed by atoms with E-state index < -0.39 is 0 Å². The SMILES string of the molecule is CCNC(=NCC1SCCS1)NN. The fourth-order valence-corrected chi connectivity index (χ4v) is 3.62. The van der Waals surface area contributed by atoms with E-state index in [0.29, 0.717) is 10.5 Å². The standard InChI is InChI=1S/C7H16N4S2/c1-2-9-7(11-8)10-5-6-12-3-4-13-6/h6H,2-5,8H2,1H3,(H2,9,10,11). The van der Waals surface area contributed by atoms with E-state index in [1.807, 2.05) is 30.4 Å². The van der Waals surface area contributed by atoms with Crippen LogP contribution in [-0.4, -0.2) is 35.1 Å². The zero-order chi connectivity index (χ0) is 9.52. The summed E-state index contributed by atoms with van der Waals surface area (Å²) in [6.45, 7) is 3.70. The summed E-state index contributed by atoms with van der Waals surface area (Å²) in [4.78, 5) is 4.34. The number of rotatable bonds is 3. The number of hydrogen-bond donors (Lipinski definition) is 3. The first-order chi connectivity index (χ1) is 6.36. The van der Waals surface area contributed by atoms with Gasteiger partial charge in [-0.25, -0.2) is 5.84 Å². The number of nitrogens with two attached hydrogens (primary N) is 1. The van der Waals surface area contributed by atoms with Crippen molar-refractivity contribution < 1.29 is 0 Å². The summed E-state index contributed by atoms with van der Waals surface area (Å²) in [6.07, 6.45) is 0. The van der Waals surface area contributed by atoms with Gasteiger partial charge in [0, 0.05) is 18.1 Å². The van der Waals surface area contributed by atoms with Crippen LogP contribution in [0.2, 0.25) is 0 Å². The molecule has 0 radical (unpaired) electrons. The fraction of sp³-hybridized carbons (Fsp3) is 0.857. The van der Waals surface area contributed by atoms with Gasteiger partial charge in [0.25, 0.3) is 0 Å². The van der Waals surface area contributed by atoms with E-state index in [1.54, 1.807) is 0 Å². The Morgan fingerprint density at radius 1 is 1.54 bits per heavy atom. The van der Waals surface area contributed by atoms with Gasteiger partial charge in [-0.2, -0.15) is 0 Å². The molecule has 0 bridgehead atoms. The van der Waals surface area contributed by atoms with E-state index in [1.165, 1.54) is 11.5 Å². The van der Waals surface area contributed by atoms with Crippen LogP contribution in [0, 0.1) is 0 Å². The van der Waals surface area contributed by atoms with Gasteiger partial charge in [0.05, 0.1) is 11.1 Å². The topological polar surface area (TPSA) is 62.4 Å². The van der Waals surface area contributed by atoms with Crippen LogP contribution in [0.25, 0.3) is 0 Å². The van der Waals surface area contributed by atoms with E-state index in [2.05, 4.69) is 15.7 Å². The molecular weight excluding hydrogens is 204 g/mol. The van der Waals surface area contributed by atoms with Crippen LogP contribution >= 0.6 is 23.5 Å². The lowest BCUT2D eigenvalue weighted by atomic mass is 10.7. The number of guanidine groups is 1. The maximum absolute atomic E-state index is 5.29. The Hall–Kier alpha value is -0.0700. The minimum Gasteiger partial charge on any atom is -0.356 e. The summed E-state index contributed by atoms with van der Waals surface area (Å²) < 4.78 is 0.613. The molecule has 0 atom stereocenters. The first-order valence-electron chi connectivity index (χ1n) is 4.35. The average Bonchev–Trinajstić information content (AvgIpc) is 2.64. The van der Waals surface area contributed by atoms with Gasteiger partial charge in [-0.15, -0.1) is 23.5 Å². The van der Waals surface area contributed by atoms with Crippen LogP contribution < -0.4 is 16.6 Å². The second kappa shape index (κ2) is 6.39. The lowest BCUT2D eigenvalue weighted by molar-refractivity contribution is 0.858. The summed E-state index contributed by atoms with van der Waals surface area (Å²) in [7, 11) is 0. The van der Waals surface area contributed by atoms with Gasteiger partial charge in [0.15, 0.2) is 0 Å². The van der Waals surface area contributed by atoms with Crippen LogP contribution in [0.4, 0.5) is 0 Å². The highest BCUT2D eigenvalue weighted by molar-refractivity contribution is 8.20. The van der Waals surface area contributed by atoms with E-state index in [4.69, 9.17) is 5.84 Å². The number of nitrogens with zero attached hydrogens (tertiary/aromatic N) is 1. The van der Waals surface area contributed by atoms with Crippen molar-refractivity contribution in [2.45, 2.75) is 11.5 Å². The molecule has 0 unspecified atom stereocenters. The molecule has 0 amide bonds. The summed E-state index contributed by atoms with van der Waals surface area (Å²) >= 11 is 3.94. The summed E-state index contributed by atoms with van der Waals surface area (Å²) in [5.74, 6) is 8.47. The van der Waals surface area contributed by atoms with Crippen LogP contribution in [0.5, 0.6) is 0 Å². The molecule has 0 saturated carbocycles. The molecule has 6 heteroatoms. The van der Waals surface area contributed by atoms with Gasteiger partial charge in [-0.1, -0.05) is 0 Å². The molecule has 1 rings (SSSR count). The Bertz CT molecular complexity index is 168. The van der Waals surface area contributed by atoms with Gasteiger partial charge in [0.1, 0.15) is 0 Å². The number of hydrogen-bond acceptors (Lipinski definition) is 4. The van der Waals surface area contributed by atoms with Crippen LogP contribution in [0.1, 0.15) is 6.92 Å². The van der Waals surface area contributed by atoms with Crippen molar-refractivity contribution in [3.63, 3.8) is 0 Å². The Morgan fingerprint density at radius 3 is 2.77 bits per heavy atom. The second-order valence-corrected chi connectivity index (χ2v) is 5.45. The van der Waals surface area contributed by atoms with Crippen molar-refractivity contribution in [2.75, 3.05) is 24.6 Å². The molecule has 0 aromatic carbocycles. The number of nitrogens with one attached hydrogen (secondary N) is 2. The number of aliphatic imine (C=N–C) groups is 1. The average molecular weight is 220 g/mol. The number of thioether (sulfide) groups is 2. The highest BCUT2D eigenvalue weighted by Gasteiger charge is 2.15. The molecule has 13 heavy (non-hydrogen) atoms. The van der Waals surface area contributed by atoms with Gasteiger partial charge in [0.2, 0.25) is 5.96 Å². The first kappa shape index (κ1) is 11.0. The molecule has 4 nitrogen and oxygen atoms in total. The van der Waals surface area contributed by atoms with Gasteiger partial charge in [-0.05, 0) is 6.92 Å². The molecule has 0 aromatic rings. The molecule has 1 aliphatic rings. The zero-order valence-corrected chi connectivity index (χ0v) is 9.38. The minimum absolute atomic E-state index is 0.613. The van der Waals surface area contributed by atoms with Gasteiger partial charge in [-0.3, -0.25) is 10.4 Å². The van der Waals surface area contributed by atoms with E-state index in [-0.39, 0.29) is 0 Å². The predicted molar refractivity (Wildman–Crippen MR) is 62.0 cm³/mol. The Labute approximate surface area is 87.5 Å². The molecule has 0 aliphatic carbocycles. The maximum atomic E-state index is 5.29. The van der Waals surface area contributed by atoms with Crippen molar-refractivity contribution >= 4 is 29.5 Å². The quantitative estimate of drug-likeness (QED) is 0.275. The third-order valence-electron chi connectivity index (χ3n) is 1.57. The second-order valence-electron chi connectivity index (χ2n) is 2.54. The third-order valence-corrected chi connectivity index (χ3v) is 4.57. The molecule has 0 spiro atoms. The highest BCUT2D eigenvalue weighted by Crippen LogP contribution is 2.31. The Morgan fingerprint density at radius 2 is 2.23 bits per heavy atom. The van der Waals surface area contributed by atoms with Crippen LogP contribution in [0.3, 0.4) is 0 Å². The summed E-state index contributed by atoms with van der Waals surface area (Å²) in [6, 6.07) is 0. The molecule has 1 fully saturated rings. The smallest absolute Gasteiger partial charge is 0.205 e. The maximum Gasteiger partial charge on any atom is 0.205 e.